The monoisotopic (exact) mass is 284 g/mol. The SMILES string of the molecule is CC1CCN(CC(=O)Nc2ccc(Cl)cc2F)CC1. The molecule has 0 unspecified atom stereocenters. The van der Waals surface area contributed by atoms with Gasteiger partial charge in [0.15, 0.2) is 0 Å². The van der Waals surface area contributed by atoms with Crippen molar-refractivity contribution in [3.63, 3.8) is 0 Å². The van der Waals surface area contributed by atoms with Gasteiger partial charge in [-0.05, 0) is 50.0 Å². The molecule has 1 aromatic carbocycles. The number of nitrogens with zero attached hydrogens (tertiary/aromatic N) is 1. The fraction of sp³-hybridized carbons (Fsp3) is 0.500. The predicted molar refractivity (Wildman–Crippen MR) is 74.9 cm³/mol. The highest BCUT2D eigenvalue weighted by Crippen LogP contribution is 2.19. The molecule has 0 radical (unpaired) electrons. The molecule has 0 aliphatic carbocycles. The van der Waals surface area contributed by atoms with Crippen molar-refractivity contribution in [3.05, 3.63) is 29.0 Å². The molecule has 3 nitrogen and oxygen atoms in total. The summed E-state index contributed by atoms with van der Waals surface area (Å²) in [6, 6.07) is 4.23. The summed E-state index contributed by atoms with van der Waals surface area (Å²) in [4.78, 5) is 13.9. The van der Waals surface area contributed by atoms with Crippen LogP contribution in [0.15, 0.2) is 18.2 Å². The smallest absolute Gasteiger partial charge is 0.238 e. The summed E-state index contributed by atoms with van der Waals surface area (Å²) in [5.41, 5.74) is 0.180. The first-order valence-electron chi connectivity index (χ1n) is 6.52. The Balaban J connectivity index is 1.87. The Kier molecular flexibility index (Phi) is 4.77. The zero-order valence-corrected chi connectivity index (χ0v) is 11.7. The van der Waals surface area contributed by atoms with E-state index in [1.54, 1.807) is 6.07 Å². The fourth-order valence-corrected chi connectivity index (χ4v) is 2.36. The molecule has 1 heterocycles. The van der Waals surface area contributed by atoms with Gasteiger partial charge in [-0.15, -0.1) is 0 Å². The second-order valence-corrected chi connectivity index (χ2v) is 5.57. The van der Waals surface area contributed by atoms with Gasteiger partial charge in [-0.25, -0.2) is 4.39 Å². The number of nitrogens with one attached hydrogen (secondary N) is 1. The van der Waals surface area contributed by atoms with Gasteiger partial charge in [-0.2, -0.15) is 0 Å². The first-order valence-corrected chi connectivity index (χ1v) is 6.89. The van der Waals surface area contributed by atoms with Crippen LogP contribution in [0.3, 0.4) is 0 Å². The Bertz CT molecular complexity index is 459. The summed E-state index contributed by atoms with van der Waals surface area (Å²) >= 11 is 5.66. The molecule has 0 saturated carbocycles. The maximum absolute atomic E-state index is 13.5. The second kappa shape index (κ2) is 6.35. The third kappa shape index (κ3) is 4.18. The van der Waals surface area contributed by atoms with Crippen molar-refractivity contribution in [1.82, 2.24) is 4.90 Å². The summed E-state index contributed by atoms with van der Waals surface area (Å²) in [5, 5.41) is 2.90. The lowest BCUT2D eigenvalue weighted by molar-refractivity contribution is -0.117. The van der Waals surface area contributed by atoms with Gasteiger partial charge in [0, 0.05) is 5.02 Å². The Morgan fingerprint density at radius 2 is 2.16 bits per heavy atom. The summed E-state index contributed by atoms with van der Waals surface area (Å²) in [6.45, 7) is 4.39. The molecular formula is C14H18ClFN2O. The van der Waals surface area contributed by atoms with E-state index in [0.29, 0.717) is 11.6 Å². The van der Waals surface area contributed by atoms with E-state index in [4.69, 9.17) is 11.6 Å². The number of anilines is 1. The molecule has 0 atom stereocenters. The van der Waals surface area contributed by atoms with E-state index in [2.05, 4.69) is 17.1 Å². The number of halogens is 2. The topological polar surface area (TPSA) is 32.3 Å². The summed E-state index contributed by atoms with van der Waals surface area (Å²) in [7, 11) is 0. The number of likely N-dealkylation sites (tertiary alicyclic amines) is 1. The quantitative estimate of drug-likeness (QED) is 0.925. The highest BCUT2D eigenvalue weighted by molar-refractivity contribution is 6.30. The van der Waals surface area contributed by atoms with Crippen molar-refractivity contribution in [3.8, 4) is 0 Å². The summed E-state index contributed by atoms with van der Waals surface area (Å²) < 4.78 is 13.5. The van der Waals surface area contributed by atoms with E-state index in [9.17, 15) is 9.18 Å². The molecule has 1 saturated heterocycles. The number of rotatable bonds is 3. The number of amides is 1. The molecule has 2 rings (SSSR count). The van der Waals surface area contributed by atoms with Crippen molar-refractivity contribution >= 4 is 23.2 Å². The molecule has 104 valence electrons. The third-order valence-electron chi connectivity index (χ3n) is 3.45. The normalized spacial score (nSPS) is 17.4. The van der Waals surface area contributed by atoms with Gasteiger partial charge in [0.05, 0.1) is 12.2 Å². The molecule has 5 heteroatoms. The van der Waals surface area contributed by atoms with Crippen LogP contribution in [0.2, 0.25) is 5.02 Å². The van der Waals surface area contributed by atoms with Crippen molar-refractivity contribution in [2.45, 2.75) is 19.8 Å². The predicted octanol–water partition coefficient (Wildman–Crippen LogP) is 3.15. The highest BCUT2D eigenvalue weighted by Gasteiger charge is 2.18. The van der Waals surface area contributed by atoms with Gasteiger partial charge in [-0.3, -0.25) is 9.69 Å². The third-order valence-corrected chi connectivity index (χ3v) is 3.68. The number of carbonyl (C=O) groups is 1. The van der Waals surface area contributed by atoms with Crippen LogP contribution in [0.4, 0.5) is 10.1 Å². The summed E-state index contributed by atoms with van der Waals surface area (Å²) in [6.07, 6.45) is 2.23. The van der Waals surface area contributed by atoms with E-state index in [0.717, 1.165) is 31.8 Å². The van der Waals surface area contributed by atoms with Crippen LogP contribution < -0.4 is 5.32 Å². The molecule has 1 amide bonds. The number of piperidine rings is 1. The molecule has 1 fully saturated rings. The molecule has 1 aliphatic heterocycles. The van der Waals surface area contributed by atoms with E-state index in [-0.39, 0.29) is 11.6 Å². The van der Waals surface area contributed by atoms with Gasteiger partial charge in [0.25, 0.3) is 0 Å². The van der Waals surface area contributed by atoms with Gasteiger partial charge in [0.2, 0.25) is 5.91 Å². The Morgan fingerprint density at radius 1 is 1.47 bits per heavy atom. The average Bonchev–Trinajstić information content (AvgIpc) is 2.36. The van der Waals surface area contributed by atoms with Crippen LogP contribution >= 0.6 is 11.6 Å². The number of carbonyl (C=O) groups excluding carboxylic acids is 1. The number of benzene rings is 1. The molecule has 0 bridgehead atoms. The molecule has 19 heavy (non-hydrogen) atoms. The second-order valence-electron chi connectivity index (χ2n) is 5.13. The Morgan fingerprint density at radius 3 is 2.79 bits per heavy atom. The molecular weight excluding hydrogens is 267 g/mol. The minimum absolute atomic E-state index is 0.180. The lowest BCUT2D eigenvalue weighted by Gasteiger charge is -2.29. The minimum atomic E-state index is -0.506. The molecule has 1 N–H and O–H groups in total. The number of hydrogen-bond donors (Lipinski definition) is 1. The average molecular weight is 285 g/mol. The zero-order chi connectivity index (χ0) is 13.8. The standard InChI is InChI=1S/C14H18ClFN2O/c1-10-4-6-18(7-5-10)9-14(19)17-13-3-2-11(15)8-12(13)16/h2-3,8,10H,4-7,9H2,1H3,(H,17,19). The lowest BCUT2D eigenvalue weighted by atomic mass is 9.99. The van der Waals surface area contributed by atoms with E-state index < -0.39 is 5.82 Å². The zero-order valence-electron chi connectivity index (χ0n) is 11.0. The largest absolute Gasteiger partial charge is 0.322 e. The van der Waals surface area contributed by atoms with Gasteiger partial charge in [-0.1, -0.05) is 18.5 Å². The number of hydrogen-bond acceptors (Lipinski definition) is 2. The van der Waals surface area contributed by atoms with Crippen molar-refractivity contribution in [2.75, 3.05) is 25.0 Å². The van der Waals surface area contributed by atoms with E-state index in [1.165, 1.54) is 12.1 Å². The first kappa shape index (κ1) is 14.3. The molecule has 1 aliphatic rings. The minimum Gasteiger partial charge on any atom is -0.322 e. The fourth-order valence-electron chi connectivity index (χ4n) is 2.20. The van der Waals surface area contributed by atoms with Gasteiger partial charge in [0.1, 0.15) is 5.82 Å². The van der Waals surface area contributed by atoms with Crippen LogP contribution in [0.25, 0.3) is 0 Å². The van der Waals surface area contributed by atoms with E-state index in [1.807, 2.05) is 0 Å². The highest BCUT2D eigenvalue weighted by atomic mass is 35.5. The van der Waals surface area contributed by atoms with Gasteiger partial charge < -0.3 is 5.32 Å². The van der Waals surface area contributed by atoms with E-state index >= 15 is 0 Å². The van der Waals surface area contributed by atoms with Crippen LogP contribution in [-0.2, 0) is 4.79 Å². The molecule has 1 aromatic rings. The van der Waals surface area contributed by atoms with Crippen molar-refractivity contribution < 1.29 is 9.18 Å². The van der Waals surface area contributed by atoms with Crippen LogP contribution in [0, 0.1) is 11.7 Å². The summed E-state index contributed by atoms with van der Waals surface area (Å²) in [5.74, 6) is 0.0388. The maximum atomic E-state index is 13.5. The Labute approximate surface area is 117 Å². The van der Waals surface area contributed by atoms with Crippen LogP contribution in [0.5, 0.6) is 0 Å². The van der Waals surface area contributed by atoms with Crippen LogP contribution in [-0.4, -0.2) is 30.4 Å². The van der Waals surface area contributed by atoms with Gasteiger partial charge >= 0.3 is 0 Å². The van der Waals surface area contributed by atoms with Crippen LogP contribution in [0.1, 0.15) is 19.8 Å². The van der Waals surface area contributed by atoms with Crippen molar-refractivity contribution in [1.29, 1.82) is 0 Å². The molecule has 0 spiro atoms. The first-order chi connectivity index (χ1) is 9.04. The maximum Gasteiger partial charge on any atom is 0.238 e. The molecule has 0 aromatic heterocycles. The Hall–Kier alpha value is -1.13. The lowest BCUT2D eigenvalue weighted by Crippen LogP contribution is -2.38. The van der Waals surface area contributed by atoms with Crippen molar-refractivity contribution in [2.24, 2.45) is 5.92 Å².